The van der Waals surface area contributed by atoms with E-state index in [1.54, 1.807) is 12.5 Å². The SMILES string of the molecule is Cc1cc2occ(CC(=O)N(Cc3ccco3)C3CCN(C)CC3)c2cc1C. The van der Waals surface area contributed by atoms with E-state index in [0.29, 0.717) is 13.0 Å². The zero-order chi connectivity index (χ0) is 19.7. The molecular formula is C23H28N2O3. The van der Waals surface area contributed by atoms with Gasteiger partial charge >= 0.3 is 0 Å². The quantitative estimate of drug-likeness (QED) is 0.662. The summed E-state index contributed by atoms with van der Waals surface area (Å²) in [5.41, 5.74) is 4.22. The van der Waals surface area contributed by atoms with Gasteiger partial charge in [0.1, 0.15) is 11.3 Å². The average Bonchev–Trinajstić information content (AvgIpc) is 3.32. The summed E-state index contributed by atoms with van der Waals surface area (Å²) in [6.45, 7) is 6.72. The lowest BCUT2D eigenvalue weighted by atomic mass is 10.0. The Hall–Kier alpha value is -2.53. The fourth-order valence-corrected chi connectivity index (χ4v) is 4.04. The lowest BCUT2D eigenvalue weighted by molar-refractivity contribution is -0.134. The predicted octanol–water partition coefficient (Wildman–Crippen LogP) is 4.31. The first-order valence-corrected chi connectivity index (χ1v) is 9.99. The van der Waals surface area contributed by atoms with Crippen LogP contribution in [0.5, 0.6) is 0 Å². The van der Waals surface area contributed by atoms with Gasteiger partial charge in [0.25, 0.3) is 0 Å². The summed E-state index contributed by atoms with van der Waals surface area (Å²) < 4.78 is 11.3. The Balaban J connectivity index is 1.57. The molecule has 0 atom stereocenters. The first kappa shape index (κ1) is 18.8. The maximum Gasteiger partial charge on any atom is 0.227 e. The molecule has 0 unspecified atom stereocenters. The van der Waals surface area contributed by atoms with Crippen LogP contribution in [-0.2, 0) is 17.8 Å². The summed E-state index contributed by atoms with van der Waals surface area (Å²) in [6.07, 6.45) is 5.74. The van der Waals surface area contributed by atoms with Crippen LogP contribution in [0.2, 0.25) is 0 Å². The molecule has 5 nitrogen and oxygen atoms in total. The largest absolute Gasteiger partial charge is 0.467 e. The van der Waals surface area contributed by atoms with Crippen LogP contribution in [0.1, 0.15) is 35.3 Å². The van der Waals surface area contributed by atoms with Gasteiger partial charge in [-0.05, 0) is 82.2 Å². The fourth-order valence-electron chi connectivity index (χ4n) is 4.04. The van der Waals surface area contributed by atoms with Gasteiger partial charge in [0.2, 0.25) is 5.91 Å². The van der Waals surface area contributed by atoms with E-state index < -0.39 is 0 Å². The number of hydrogen-bond acceptors (Lipinski definition) is 4. The van der Waals surface area contributed by atoms with Gasteiger partial charge in [0.15, 0.2) is 0 Å². The number of nitrogens with zero attached hydrogens (tertiary/aromatic N) is 2. The maximum absolute atomic E-state index is 13.3. The van der Waals surface area contributed by atoms with Crippen molar-refractivity contribution in [2.75, 3.05) is 20.1 Å². The van der Waals surface area contributed by atoms with Crippen molar-refractivity contribution in [1.82, 2.24) is 9.80 Å². The summed E-state index contributed by atoms with van der Waals surface area (Å²) in [5.74, 6) is 0.961. The molecule has 4 rings (SSSR count). The standard InChI is InChI=1S/C23H28N2O3/c1-16-11-21-18(15-28-22(21)12-17(16)2)13-23(26)25(14-20-5-4-10-27-20)19-6-8-24(3)9-7-19/h4-5,10-12,15,19H,6-9,13-14H2,1-3H3. The van der Waals surface area contributed by atoms with Gasteiger partial charge in [-0.3, -0.25) is 4.79 Å². The van der Waals surface area contributed by atoms with Crippen molar-refractivity contribution in [1.29, 1.82) is 0 Å². The molecular weight excluding hydrogens is 352 g/mol. The monoisotopic (exact) mass is 380 g/mol. The van der Waals surface area contributed by atoms with Crippen LogP contribution in [0.3, 0.4) is 0 Å². The number of carbonyl (C=O) groups excluding carboxylic acids is 1. The van der Waals surface area contributed by atoms with Gasteiger partial charge in [-0.15, -0.1) is 0 Å². The predicted molar refractivity (Wildman–Crippen MR) is 109 cm³/mol. The van der Waals surface area contributed by atoms with Gasteiger partial charge in [0.05, 0.1) is 25.5 Å². The third-order valence-electron chi connectivity index (χ3n) is 5.97. The summed E-state index contributed by atoms with van der Waals surface area (Å²) in [4.78, 5) is 17.7. The highest BCUT2D eigenvalue weighted by Crippen LogP contribution is 2.27. The minimum absolute atomic E-state index is 0.131. The van der Waals surface area contributed by atoms with Crippen molar-refractivity contribution in [3.63, 3.8) is 0 Å². The number of carbonyl (C=O) groups is 1. The summed E-state index contributed by atoms with van der Waals surface area (Å²) in [6, 6.07) is 8.24. The third-order valence-corrected chi connectivity index (χ3v) is 5.97. The highest BCUT2D eigenvalue weighted by Gasteiger charge is 2.28. The van der Waals surface area contributed by atoms with Gasteiger partial charge in [-0.1, -0.05) is 0 Å². The number of aryl methyl sites for hydroxylation is 2. The van der Waals surface area contributed by atoms with Crippen molar-refractivity contribution in [3.05, 3.63) is 59.2 Å². The molecule has 0 radical (unpaired) electrons. The first-order chi connectivity index (χ1) is 13.5. The van der Waals surface area contributed by atoms with Crippen molar-refractivity contribution in [2.24, 2.45) is 0 Å². The number of benzene rings is 1. The van der Waals surface area contributed by atoms with Gasteiger partial charge in [0, 0.05) is 17.0 Å². The Bertz CT molecular complexity index is 950. The van der Waals surface area contributed by atoms with Crippen LogP contribution in [-0.4, -0.2) is 41.9 Å². The highest BCUT2D eigenvalue weighted by atomic mass is 16.3. The molecule has 0 N–H and O–H groups in total. The second-order valence-electron chi connectivity index (χ2n) is 8.01. The molecule has 1 aliphatic heterocycles. The average molecular weight is 380 g/mol. The van der Waals surface area contributed by atoms with Crippen LogP contribution in [0.25, 0.3) is 11.0 Å². The van der Waals surface area contributed by atoms with Crippen molar-refractivity contribution >= 4 is 16.9 Å². The lowest BCUT2D eigenvalue weighted by Gasteiger charge is -2.37. The van der Waals surface area contributed by atoms with Crippen LogP contribution in [0.4, 0.5) is 0 Å². The normalized spacial score (nSPS) is 16.0. The number of fused-ring (bicyclic) bond motifs is 1. The Morgan fingerprint density at radius 1 is 1.18 bits per heavy atom. The summed E-state index contributed by atoms with van der Waals surface area (Å²) in [7, 11) is 2.14. The zero-order valence-corrected chi connectivity index (χ0v) is 16.9. The molecule has 0 aliphatic carbocycles. The zero-order valence-electron chi connectivity index (χ0n) is 16.9. The number of amides is 1. The molecule has 1 fully saturated rings. The molecule has 0 bridgehead atoms. The molecule has 0 saturated carbocycles. The van der Waals surface area contributed by atoms with Crippen molar-refractivity contribution in [3.8, 4) is 0 Å². The van der Waals surface area contributed by atoms with E-state index in [1.165, 1.54) is 11.1 Å². The number of piperidine rings is 1. The Labute approximate surface area is 165 Å². The van der Waals surface area contributed by atoms with Gasteiger partial charge in [-0.25, -0.2) is 0 Å². The lowest BCUT2D eigenvalue weighted by Crippen LogP contribution is -2.46. The number of furan rings is 2. The molecule has 1 amide bonds. The molecule has 1 saturated heterocycles. The van der Waals surface area contributed by atoms with Crippen molar-refractivity contribution < 1.29 is 13.6 Å². The minimum Gasteiger partial charge on any atom is -0.467 e. The van der Waals surface area contributed by atoms with E-state index >= 15 is 0 Å². The first-order valence-electron chi connectivity index (χ1n) is 9.99. The third kappa shape index (κ3) is 3.85. The molecule has 2 aromatic heterocycles. The van der Waals surface area contributed by atoms with E-state index in [1.807, 2.05) is 17.0 Å². The van der Waals surface area contributed by atoms with E-state index in [9.17, 15) is 4.79 Å². The Kier molecular flexibility index (Phi) is 5.27. The number of likely N-dealkylation sites (tertiary alicyclic amines) is 1. The second kappa shape index (κ2) is 7.84. The minimum atomic E-state index is 0.131. The van der Waals surface area contributed by atoms with Gasteiger partial charge in [-0.2, -0.15) is 0 Å². The Morgan fingerprint density at radius 3 is 2.64 bits per heavy atom. The number of hydrogen-bond donors (Lipinski definition) is 0. The van der Waals surface area contributed by atoms with Gasteiger partial charge < -0.3 is 18.6 Å². The fraction of sp³-hybridized carbons (Fsp3) is 0.435. The van der Waals surface area contributed by atoms with E-state index in [0.717, 1.165) is 48.2 Å². The van der Waals surface area contributed by atoms with E-state index in [4.69, 9.17) is 8.83 Å². The highest BCUT2D eigenvalue weighted by molar-refractivity contribution is 5.88. The molecule has 0 spiro atoms. The maximum atomic E-state index is 13.3. The molecule has 1 aliphatic rings. The van der Waals surface area contributed by atoms with Crippen LogP contribution in [0.15, 0.2) is 45.6 Å². The van der Waals surface area contributed by atoms with Crippen molar-refractivity contribution in [2.45, 2.75) is 45.7 Å². The smallest absolute Gasteiger partial charge is 0.227 e. The number of rotatable bonds is 5. The molecule has 1 aromatic carbocycles. The second-order valence-corrected chi connectivity index (χ2v) is 8.01. The van der Waals surface area contributed by atoms with Crippen LogP contribution in [0, 0.1) is 13.8 Å². The van der Waals surface area contributed by atoms with E-state index in [-0.39, 0.29) is 11.9 Å². The topological polar surface area (TPSA) is 49.8 Å². The molecule has 148 valence electrons. The Morgan fingerprint density at radius 2 is 1.93 bits per heavy atom. The summed E-state index contributed by atoms with van der Waals surface area (Å²) >= 11 is 0. The summed E-state index contributed by atoms with van der Waals surface area (Å²) in [5, 5.41) is 1.04. The van der Waals surface area contributed by atoms with E-state index in [2.05, 4.69) is 37.9 Å². The molecule has 3 aromatic rings. The molecule has 3 heterocycles. The molecule has 5 heteroatoms. The van der Waals surface area contributed by atoms with Crippen LogP contribution >= 0.6 is 0 Å². The molecule has 28 heavy (non-hydrogen) atoms. The van der Waals surface area contributed by atoms with Crippen LogP contribution < -0.4 is 0 Å².